The van der Waals surface area contributed by atoms with Crippen LogP contribution in [0.2, 0.25) is 0 Å². The zero-order chi connectivity index (χ0) is 14.7. The molecule has 0 N–H and O–H groups in total. The summed E-state index contributed by atoms with van der Waals surface area (Å²) in [4.78, 5) is 13.9. The lowest BCUT2D eigenvalue weighted by Gasteiger charge is -2.00. The van der Waals surface area contributed by atoms with Crippen molar-refractivity contribution in [1.82, 2.24) is 15.0 Å². The number of rotatable bonds is 3. The van der Waals surface area contributed by atoms with Crippen molar-refractivity contribution in [2.75, 3.05) is 0 Å². The molecule has 1 aromatic heterocycles. The molecule has 0 saturated carbocycles. The highest BCUT2D eigenvalue weighted by Crippen LogP contribution is 2.22. The van der Waals surface area contributed by atoms with Crippen molar-refractivity contribution in [3.8, 4) is 16.9 Å². The monoisotopic (exact) mass is 276 g/mol. The topological polar surface area (TPSA) is 60.1 Å². The largest absolute Gasteiger partial charge is 0.240 e. The van der Waals surface area contributed by atoms with E-state index in [0.717, 1.165) is 22.5 Å². The lowest BCUT2D eigenvalue weighted by Crippen LogP contribution is -1.94. The Labute approximate surface area is 121 Å². The van der Waals surface area contributed by atoms with Gasteiger partial charge in [0, 0.05) is 5.56 Å². The summed E-state index contributed by atoms with van der Waals surface area (Å²) in [5, 5.41) is 8.30. The van der Waals surface area contributed by atoms with Crippen LogP contribution in [0.5, 0.6) is 0 Å². The van der Waals surface area contributed by atoms with Crippen LogP contribution in [0.3, 0.4) is 0 Å². The molecule has 0 saturated heterocycles. The number of isocyanates is 1. The van der Waals surface area contributed by atoms with Gasteiger partial charge >= 0.3 is 0 Å². The van der Waals surface area contributed by atoms with E-state index in [1.807, 2.05) is 49.5 Å². The molecule has 2 aromatic carbocycles. The molecule has 0 aliphatic heterocycles. The van der Waals surface area contributed by atoms with E-state index in [9.17, 15) is 4.79 Å². The Balaban J connectivity index is 1.98. The van der Waals surface area contributed by atoms with Crippen LogP contribution >= 0.6 is 0 Å². The van der Waals surface area contributed by atoms with E-state index < -0.39 is 0 Å². The van der Waals surface area contributed by atoms with Gasteiger partial charge in [0.25, 0.3) is 0 Å². The van der Waals surface area contributed by atoms with E-state index in [4.69, 9.17) is 0 Å². The molecule has 0 fully saturated rings. The van der Waals surface area contributed by atoms with Gasteiger partial charge in [-0.15, -0.1) is 5.10 Å². The standard InChI is InChI=1S/C16H12N4O/c1-12-4-2-7-15(8-12)20-10-16(18-19-20)13-5-3-6-14(9-13)17-11-21/h2-10H,1H3. The Bertz CT molecular complexity index is 832. The van der Waals surface area contributed by atoms with E-state index in [0.29, 0.717) is 5.69 Å². The summed E-state index contributed by atoms with van der Waals surface area (Å²) in [5.41, 5.74) is 4.24. The van der Waals surface area contributed by atoms with Gasteiger partial charge in [-0.05, 0) is 36.8 Å². The minimum absolute atomic E-state index is 0.549. The van der Waals surface area contributed by atoms with Gasteiger partial charge in [-0.1, -0.05) is 29.5 Å². The second-order valence-corrected chi connectivity index (χ2v) is 4.64. The molecule has 5 nitrogen and oxygen atoms in total. The first-order valence-electron chi connectivity index (χ1n) is 6.44. The second kappa shape index (κ2) is 5.53. The van der Waals surface area contributed by atoms with Crippen LogP contribution in [-0.4, -0.2) is 21.1 Å². The molecule has 0 unspecified atom stereocenters. The van der Waals surface area contributed by atoms with Crippen LogP contribution in [0.1, 0.15) is 5.56 Å². The third-order valence-electron chi connectivity index (χ3n) is 3.08. The summed E-state index contributed by atoms with van der Waals surface area (Å²) >= 11 is 0. The van der Waals surface area contributed by atoms with Crippen molar-refractivity contribution in [1.29, 1.82) is 0 Å². The molecule has 21 heavy (non-hydrogen) atoms. The first kappa shape index (κ1) is 13.0. The third kappa shape index (κ3) is 2.78. The molecule has 3 aromatic rings. The van der Waals surface area contributed by atoms with Crippen LogP contribution in [-0.2, 0) is 4.79 Å². The van der Waals surface area contributed by atoms with Crippen LogP contribution in [0, 0.1) is 6.92 Å². The van der Waals surface area contributed by atoms with Crippen LogP contribution in [0.25, 0.3) is 16.9 Å². The fourth-order valence-corrected chi connectivity index (χ4v) is 2.08. The van der Waals surface area contributed by atoms with E-state index in [1.165, 1.54) is 6.08 Å². The van der Waals surface area contributed by atoms with E-state index >= 15 is 0 Å². The smallest absolute Gasteiger partial charge is 0.220 e. The van der Waals surface area contributed by atoms with Crippen molar-refractivity contribution >= 4 is 11.8 Å². The Kier molecular flexibility index (Phi) is 3.41. The summed E-state index contributed by atoms with van der Waals surface area (Å²) in [6.45, 7) is 2.03. The summed E-state index contributed by atoms with van der Waals surface area (Å²) < 4.78 is 1.72. The van der Waals surface area contributed by atoms with Crippen molar-refractivity contribution in [3.63, 3.8) is 0 Å². The lowest BCUT2D eigenvalue weighted by atomic mass is 10.1. The van der Waals surface area contributed by atoms with Crippen LogP contribution < -0.4 is 0 Å². The molecule has 0 radical (unpaired) electrons. The highest BCUT2D eigenvalue weighted by atomic mass is 16.1. The molecule has 1 heterocycles. The summed E-state index contributed by atoms with van der Waals surface area (Å²) in [5.74, 6) is 0. The number of aliphatic imine (C=N–C) groups is 1. The van der Waals surface area contributed by atoms with Gasteiger partial charge in [0.15, 0.2) is 0 Å². The number of aryl methyl sites for hydroxylation is 1. The molecule has 0 amide bonds. The maximum absolute atomic E-state index is 10.3. The summed E-state index contributed by atoms with van der Waals surface area (Å²) in [6.07, 6.45) is 3.38. The number of aromatic nitrogens is 3. The fourth-order valence-electron chi connectivity index (χ4n) is 2.08. The first-order valence-corrected chi connectivity index (χ1v) is 6.44. The van der Waals surface area contributed by atoms with Gasteiger partial charge in [0.2, 0.25) is 6.08 Å². The molecule has 0 bridgehead atoms. The SMILES string of the molecule is Cc1cccc(-n2cc(-c3cccc(N=C=O)c3)nn2)c1. The van der Waals surface area contributed by atoms with E-state index in [2.05, 4.69) is 15.3 Å². The van der Waals surface area contributed by atoms with Gasteiger partial charge in [0.1, 0.15) is 5.69 Å². The second-order valence-electron chi connectivity index (χ2n) is 4.64. The van der Waals surface area contributed by atoms with Crippen molar-refractivity contribution in [3.05, 3.63) is 60.3 Å². The quantitative estimate of drug-likeness (QED) is 0.545. The predicted octanol–water partition coefficient (Wildman–Crippen LogP) is 3.21. The van der Waals surface area contributed by atoms with Crippen molar-refractivity contribution in [2.45, 2.75) is 6.92 Å². The highest BCUT2D eigenvalue weighted by Gasteiger charge is 2.06. The molecule has 5 heteroatoms. The molecule has 102 valence electrons. The molecule has 0 atom stereocenters. The zero-order valence-electron chi connectivity index (χ0n) is 11.4. The summed E-state index contributed by atoms with van der Waals surface area (Å²) in [7, 11) is 0. The molecular formula is C16H12N4O. The van der Waals surface area contributed by atoms with Gasteiger partial charge in [-0.3, -0.25) is 0 Å². The van der Waals surface area contributed by atoms with Gasteiger partial charge < -0.3 is 0 Å². The lowest BCUT2D eigenvalue weighted by molar-refractivity contribution is 0.565. The number of hydrogen-bond acceptors (Lipinski definition) is 4. The molecule has 0 aliphatic rings. The van der Waals surface area contributed by atoms with Crippen molar-refractivity contribution < 1.29 is 4.79 Å². The number of hydrogen-bond donors (Lipinski definition) is 0. The summed E-state index contributed by atoms with van der Waals surface area (Å²) in [6, 6.07) is 15.2. The Morgan fingerprint density at radius 3 is 2.81 bits per heavy atom. The Hall–Kier alpha value is -3.04. The normalized spacial score (nSPS) is 10.1. The number of carbonyl (C=O) groups excluding carboxylic acids is 1. The van der Waals surface area contributed by atoms with E-state index in [1.54, 1.807) is 16.8 Å². The minimum atomic E-state index is 0.549. The molecule has 0 spiro atoms. The van der Waals surface area contributed by atoms with Crippen molar-refractivity contribution in [2.24, 2.45) is 4.99 Å². The van der Waals surface area contributed by atoms with Gasteiger partial charge in [-0.2, -0.15) is 4.99 Å². The maximum Gasteiger partial charge on any atom is 0.240 e. The number of nitrogens with zero attached hydrogens (tertiary/aromatic N) is 4. The Morgan fingerprint density at radius 1 is 1.14 bits per heavy atom. The molecule has 3 rings (SSSR count). The fraction of sp³-hybridized carbons (Fsp3) is 0.0625. The Morgan fingerprint density at radius 2 is 2.00 bits per heavy atom. The van der Waals surface area contributed by atoms with Gasteiger partial charge in [0.05, 0.1) is 17.6 Å². The highest BCUT2D eigenvalue weighted by molar-refractivity contribution is 5.64. The number of benzene rings is 2. The predicted molar refractivity (Wildman–Crippen MR) is 79.3 cm³/mol. The minimum Gasteiger partial charge on any atom is -0.220 e. The molecular weight excluding hydrogens is 264 g/mol. The zero-order valence-corrected chi connectivity index (χ0v) is 11.4. The van der Waals surface area contributed by atoms with E-state index in [-0.39, 0.29) is 0 Å². The van der Waals surface area contributed by atoms with Crippen LogP contribution in [0.15, 0.2) is 59.7 Å². The van der Waals surface area contributed by atoms with Gasteiger partial charge in [-0.25, -0.2) is 9.48 Å². The average molecular weight is 276 g/mol. The first-order chi connectivity index (χ1) is 10.3. The third-order valence-corrected chi connectivity index (χ3v) is 3.08. The maximum atomic E-state index is 10.3. The van der Waals surface area contributed by atoms with Crippen LogP contribution in [0.4, 0.5) is 5.69 Å². The molecule has 0 aliphatic carbocycles. The average Bonchev–Trinajstić information content (AvgIpc) is 2.98.